The van der Waals surface area contributed by atoms with Gasteiger partial charge in [0.15, 0.2) is 0 Å². The summed E-state index contributed by atoms with van der Waals surface area (Å²) >= 11 is 7.34. The van der Waals surface area contributed by atoms with Crippen molar-refractivity contribution in [3.63, 3.8) is 0 Å². The van der Waals surface area contributed by atoms with Crippen molar-refractivity contribution in [2.75, 3.05) is 6.26 Å². The molecule has 0 saturated heterocycles. The summed E-state index contributed by atoms with van der Waals surface area (Å²) in [6, 6.07) is 0. The van der Waals surface area contributed by atoms with Gasteiger partial charge in [-0.3, -0.25) is 0 Å². The minimum absolute atomic E-state index is 0.302. The first-order valence-corrected chi connectivity index (χ1v) is 5.21. The Morgan fingerprint density at radius 1 is 1.83 bits per heavy atom. The summed E-state index contributed by atoms with van der Waals surface area (Å²) in [7, 11) is 0.302. The molecule has 0 nitrogen and oxygen atoms in total. The average molecular weight is 157 g/mol. The standard InChI is InChI=1S/C3H6S2.V/c1-3(4)5-2;/h1-2H3;. The van der Waals surface area contributed by atoms with Crippen LogP contribution in [-0.4, -0.2) is 10.5 Å². The Kier molecular flexibility index (Phi) is 3.61. The van der Waals surface area contributed by atoms with E-state index in [2.05, 4.69) is 22.0 Å². The van der Waals surface area contributed by atoms with Crippen molar-refractivity contribution in [1.82, 2.24) is 0 Å². The molecular formula is C3H6S2V. The van der Waals surface area contributed by atoms with E-state index in [-0.39, 0.29) is 0 Å². The van der Waals surface area contributed by atoms with Crippen LogP contribution < -0.4 is 0 Å². The average Bonchev–Trinajstić information content (AvgIpc) is 1.36. The number of thiocarbonyl (C=S) groups is 1. The monoisotopic (exact) mass is 157 g/mol. The zero-order valence-corrected chi connectivity index (χ0v) is 6.79. The van der Waals surface area contributed by atoms with Gasteiger partial charge in [0.25, 0.3) is 0 Å². The third kappa shape index (κ3) is 3.22. The Balaban J connectivity index is 3.57. The van der Waals surface area contributed by atoms with Crippen LogP contribution in [0.3, 0.4) is 0 Å². The van der Waals surface area contributed by atoms with Gasteiger partial charge in [-0.15, -0.1) is 0 Å². The fourth-order valence-electron chi connectivity index (χ4n) is 0. The SMILES string of the molecule is CC(=S)[S](C)=[V]. The van der Waals surface area contributed by atoms with Crippen LogP contribution in [0.15, 0.2) is 0 Å². The van der Waals surface area contributed by atoms with Gasteiger partial charge in [0, 0.05) is 0 Å². The van der Waals surface area contributed by atoms with Crippen LogP contribution in [0.5, 0.6) is 0 Å². The second kappa shape index (κ2) is 3.08. The van der Waals surface area contributed by atoms with Crippen molar-refractivity contribution in [3.05, 3.63) is 0 Å². The van der Waals surface area contributed by atoms with E-state index in [9.17, 15) is 0 Å². The molecule has 0 rings (SSSR count). The van der Waals surface area contributed by atoms with Gasteiger partial charge in [-0.1, -0.05) is 0 Å². The van der Waals surface area contributed by atoms with Gasteiger partial charge in [-0.05, 0) is 0 Å². The molecular weight excluding hydrogens is 151 g/mol. The summed E-state index contributed by atoms with van der Waals surface area (Å²) in [5.74, 6) is 0. The fourth-order valence-corrected chi connectivity index (χ4v) is 0. The molecule has 3 heteroatoms. The topological polar surface area (TPSA) is 0 Å². The Morgan fingerprint density at radius 3 is 2.00 bits per heavy atom. The molecule has 1 unspecified atom stereocenters. The van der Waals surface area contributed by atoms with Crippen molar-refractivity contribution in [2.24, 2.45) is 0 Å². The third-order valence-electron chi connectivity index (χ3n) is 0.416. The summed E-state index contributed by atoms with van der Waals surface area (Å²) in [6.45, 7) is 1.97. The van der Waals surface area contributed by atoms with Crippen LogP contribution in [0.1, 0.15) is 6.92 Å². The van der Waals surface area contributed by atoms with Crippen molar-refractivity contribution in [3.8, 4) is 0 Å². The molecule has 0 aliphatic heterocycles. The van der Waals surface area contributed by atoms with Gasteiger partial charge in [0.05, 0.1) is 0 Å². The number of hydrogen-bond donors (Lipinski definition) is 0. The fraction of sp³-hybridized carbons (Fsp3) is 0.667. The molecule has 0 radical (unpaired) electrons. The summed E-state index contributed by atoms with van der Waals surface area (Å²) in [4.78, 5) is 0. The third-order valence-corrected chi connectivity index (χ3v) is 3.87. The zero-order valence-electron chi connectivity index (χ0n) is 3.76. The molecule has 0 aromatic heterocycles. The van der Waals surface area contributed by atoms with E-state index in [1.807, 2.05) is 6.92 Å². The maximum absolute atomic E-state index is 4.82. The molecule has 1 atom stereocenters. The van der Waals surface area contributed by atoms with E-state index in [1.165, 1.54) is 0 Å². The van der Waals surface area contributed by atoms with Crippen LogP contribution in [0.4, 0.5) is 0 Å². The maximum atomic E-state index is 4.82. The van der Waals surface area contributed by atoms with Crippen molar-refractivity contribution < 1.29 is 15.7 Å². The van der Waals surface area contributed by atoms with Crippen molar-refractivity contribution in [2.45, 2.75) is 6.92 Å². The molecule has 6 heavy (non-hydrogen) atoms. The van der Waals surface area contributed by atoms with Gasteiger partial charge in [0.1, 0.15) is 0 Å². The zero-order chi connectivity index (χ0) is 5.15. The summed E-state index contributed by atoms with van der Waals surface area (Å²) in [5, 5.41) is 0. The summed E-state index contributed by atoms with van der Waals surface area (Å²) < 4.78 is 1.09. The Hall–Kier alpha value is 1.02. The van der Waals surface area contributed by atoms with E-state index in [4.69, 9.17) is 12.2 Å². The van der Waals surface area contributed by atoms with Crippen LogP contribution in [0.2, 0.25) is 0 Å². The van der Waals surface area contributed by atoms with Gasteiger partial charge in [-0.2, -0.15) is 0 Å². The Bertz CT molecular complexity index is 74.8. The second-order valence-corrected chi connectivity index (χ2v) is 5.97. The van der Waals surface area contributed by atoms with Crippen molar-refractivity contribution in [1.29, 1.82) is 0 Å². The van der Waals surface area contributed by atoms with Gasteiger partial charge >= 0.3 is 53.9 Å². The molecule has 35 valence electrons. The van der Waals surface area contributed by atoms with Crippen LogP contribution in [-0.2, 0) is 15.7 Å². The molecule has 0 N–H and O–H groups in total. The molecule has 0 spiro atoms. The first-order chi connectivity index (χ1) is 2.64. The quantitative estimate of drug-likeness (QED) is 0.482. The van der Waals surface area contributed by atoms with Crippen LogP contribution in [0.25, 0.3) is 0 Å². The predicted molar refractivity (Wildman–Crippen MR) is 31.8 cm³/mol. The second-order valence-electron chi connectivity index (χ2n) is 0.970. The van der Waals surface area contributed by atoms with Gasteiger partial charge < -0.3 is 0 Å². The first kappa shape index (κ1) is 7.02. The molecule has 0 aromatic rings. The molecule has 0 saturated carbocycles. The molecule has 0 amide bonds. The summed E-state index contributed by atoms with van der Waals surface area (Å²) in [5.41, 5.74) is 0. The molecule has 0 fully saturated rings. The molecule has 0 heterocycles. The van der Waals surface area contributed by atoms with E-state index < -0.39 is 0 Å². The van der Waals surface area contributed by atoms with Gasteiger partial charge in [-0.25, -0.2) is 0 Å². The van der Waals surface area contributed by atoms with Gasteiger partial charge in [0.2, 0.25) is 0 Å². The first-order valence-electron chi connectivity index (χ1n) is 1.50. The Labute approximate surface area is 53.9 Å². The van der Waals surface area contributed by atoms with E-state index >= 15 is 0 Å². The van der Waals surface area contributed by atoms with E-state index in [0.717, 1.165) is 4.20 Å². The molecule has 0 aliphatic rings. The van der Waals surface area contributed by atoms with Crippen LogP contribution in [0, 0.1) is 0 Å². The number of hydrogen-bond acceptors (Lipinski definition) is 1. The van der Waals surface area contributed by atoms with Crippen LogP contribution >= 0.6 is 20.8 Å². The molecule has 0 bridgehead atoms. The van der Waals surface area contributed by atoms with E-state index in [0.29, 0.717) is 8.55 Å². The normalized spacial score (nSPS) is 13.5. The predicted octanol–water partition coefficient (Wildman–Crippen LogP) is 1.69. The molecule has 0 aromatic carbocycles. The molecule has 0 aliphatic carbocycles. The Morgan fingerprint density at radius 2 is 2.00 bits per heavy atom. The summed E-state index contributed by atoms with van der Waals surface area (Å²) in [6.07, 6.45) is 2.10. The van der Waals surface area contributed by atoms with Crippen molar-refractivity contribution >= 4 is 25.0 Å². The minimum atomic E-state index is 0.302. The number of rotatable bonds is 0. The van der Waals surface area contributed by atoms with E-state index in [1.54, 1.807) is 0 Å².